The van der Waals surface area contributed by atoms with E-state index in [1.807, 2.05) is 6.07 Å². The lowest BCUT2D eigenvalue weighted by Gasteiger charge is -2.04. The summed E-state index contributed by atoms with van der Waals surface area (Å²) in [5, 5.41) is 0.515. The zero-order valence-corrected chi connectivity index (χ0v) is 10.00. The van der Waals surface area contributed by atoms with Crippen molar-refractivity contribution >= 4 is 17.3 Å². The molecule has 0 aliphatic heterocycles. The van der Waals surface area contributed by atoms with E-state index in [9.17, 15) is 9.59 Å². The maximum atomic E-state index is 12.4. The minimum atomic E-state index is -0.129. The van der Waals surface area contributed by atoms with E-state index in [-0.39, 0.29) is 5.43 Å². The fraction of sp³-hybridized carbons (Fsp3) is 0. The molecule has 19 heavy (non-hydrogen) atoms. The third-order valence-corrected chi connectivity index (χ3v) is 3.06. The van der Waals surface area contributed by atoms with Crippen LogP contribution in [0.4, 0.5) is 0 Å². The smallest absolute Gasteiger partial charge is 0.200 e. The zero-order valence-electron chi connectivity index (χ0n) is 10.00. The molecule has 1 heterocycles. The van der Waals surface area contributed by atoms with Crippen molar-refractivity contribution in [1.82, 2.24) is 0 Å². The Bertz CT molecular complexity index is 815. The van der Waals surface area contributed by atoms with Crippen LogP contribution < -0.4 is 5.43 Å². The van der Waals surface area contributed by atoms with E-state index < -0.39 is 0 Å². The van der Waals surface area contributed by atoms with Crippen LogP contribution >= 0.6 is 0 Å². The van der Waals surface area contributed by atoms with Crippen LogP contribution in [0, 0.1) is 0 Å². The van der Waals surface area contributed by atoms with Crippen LogP contribution in [0.3, 0.4) is 0 Å². The van der Waals surface area contributed by atoms with E-state index in [0.717, 1.165) is 6.29 Å². The molecule has 0 aliphatic rings. The molecule has 0 saturated heterocycles. The summed E-state index contributed by atoms with van der Waals surface area (Å²) in [6.45, 7) is 0. The first-order chi connectivity index (χ1) is 9.31. The van der Waals surface area contributed by atoms with Crippen LogP contribution in [0.5, 0.6) is 0 Å². The number of carbonyl (C=O) groups excluding carboxylic acids is 1. The molecular formula is C16H10O3. The van der Waals surface area contributed by atoms with Crippen LogP contribution in [0.15, 0.2) is 64.0 Å². The first kappa shape index (κ1) is 11.4. The molecular weight excluding hydrogens is 240 g/mol. The van der Waals surface area contributed by atoms with Gasteiger partial charge >= 0.3 is 0 Å². The first-order valence-corrected chi connectivity index (χ1v) is 5.86. The quantitative estimate of drug-likeness (QED) is 0.656. The molecule has 0 spiro atoms. The summed E-state index contributed by atoms with van der Waals surface area (Å²) in [7, 11) is 0. The number of aldehydes is 1. The van der Waals surface area contributed by atoms with Crippen LogP contribution in [-0.4, -0.2) is 6.29 Å². The molecule has 0 unspecified atom stereocenters. The molecule has 3 nitrogen and oxygen atoms in total. The van der Waals surface area contributed by atoms with E-state index in [0.29, 0.717) is 27.7 Å². The molecule has 3 rings (SSSR count). The molecule has 0 radical (unpaired) electrons. The van der Waals surface area contributed by atoms with Crippen LogP contribution in [0.25, 0.3) is 22.1 Å². The van der Waals surface area contributed by atoms with Gasteiger partial charge in [0.1, 0.15) is 11.8 Å². The Balaban J connectivity index is 2.35. The highest BCUT2D eigenvalue weighted by Crippen LogP contribution is 2.22. The summed E-state index contributed by atoms with van der Waals surface area (Å²) in [4.78, 5) is 23.5. The van der Waals surface area contributed by atoms with E-state index in [4.69, 9.17) is 4.42 Å². The number of rotatable bonds is 2. The van der Waals surface area contributed by atoms with Gasteiger partial charge in [-0.1, -0.05) is 36.4 Å². The third-order valence-electron chi connectivity index (χ3n) is 3.06. The molecule has 0 fully saturated rings. The molecule has 0 N–H and O–H groups in total. The Labute approximate surface area is 109 Å². The Morgan fingerprint density at radius 2 is 1.63 bits per heavy atom. The van der Waals surface area contributed by atoms with Crippen LogP contribution in [-0.2, 0) is 0 Å². The molecule has 1 aromatic heterocycles. The zero-order chi connectivity index (χ0) is 13.2. The molecule has 0 bridgehead atoms. The lowest BCUT2D eigenvalue weighted by molar-refractivity contribution is 0.112. The van der Waals surface area contributed by atoms with Crippen molar-refractivity contribution in [2.45, 2.75) is 0 Å². The highest BCUT2D eigenvalue weighted by Gasteiger charge is 2.11. The fourth-order valence-electron chi connectivity index (χ4n) is 2.11. The minimum Gasteiger partial charge on any atom is -0.463 e. The molecule has 3 heteroatoms. The summed E-state index contributed by atoms with van der Waals surface area (Å²) in [5.74, 6) is 0. The summed E-state index contributed by atoms with van der Waals surface area (Å²) >= 11 is 0. The lowest BCUT2D eigenvalue weighted by Crippen LogP contribution is -2.05. The molecule has 92 valence electrons. The molecule has 0 saturated carbocycles. The van der Waals surface area contributed by atoms with Gasteiger partial charge in [-0.25, -0.2) is 0 Å². The van der Waals surface area contributed by atoms with Crippen molar-refractivity contribution < 1.29 is 9.21 Å². The second-order valence-electron chi connectivity index (χ2n) is 4.18. The lowest BCUT2D eigenvalue weighted by atomic mass is 10.0. The highest BCUT2D eigenvalue weighted by atomic mass is 16.3. The number of hydrogen-bond donors (Lipinski definition) is 0. The average Bonchev–Trinajstić information content (AvgIpc) is 2.48. The molecule has 2 aromatic carbocycles. The predicted molar refractivity (Wildman–Crippen MR) is 73.3 cm³/mol. The first-order valence-electron chi connectivity index (χ1n) is 5.86. The van der Waals surface area contributed by atoms with Crippen molar-refractivity contribution in [3.8, 4) is 11.1 Å². The summed E-state index contributed by atoms with van der Waals surface area (Å²) in [6, 6.07) is 14.0. The summed E-state index contributed by atoms with van der Waals surface area (Å²) in [5.41, 5.74) is 1.89. The van der Waals surface area contributed by atoms with E-state index in [2.05, 4.69) is 0 Å². The van der Waals surface area contributed by atoms with Crippen molar-refractivity contribution in [3.05, 3.63) is 70.6 Å². The SMILES string of the molecule is O=Cc1ccccc1-c1coc2ccccc2c1=O. The van der Waals surface area contributed by atoms with Gasteiger partial charge in [0, 0.05) is 5.56 Å². The molecule has 0 amide bonds. The number of para-hydroxylation sites is 1. The third kappa shape index (κ3) is 1.85. The Morgan fingerprint density at radius 1 is 0.895 bits per heavy atom. The molecule has 3 aromatic rings. The van der Waals surface area contributed by atoms with Gasteiger partial charge in [-0.15, -0.1) is 0 Å². The fourth-order valence-corrected chi connectivity index (χ4v) is 2.11. The van der Waals surface area contributed by atoms with Crippen molar-refractivity contribution in [1.29, 1.82) is 0 Å². The van der Waals surface area contributed by atoms with Gasteiger partial charge in [-0.05, 0) is 17.7 Å². The number of carbonyl (C=O) groups is 1. The van der Waals surface area contributed by atoms with Crippen molar-refractivity contribution in [2.24, 2.45) is 0 Å². The van der Waals surface area contributed by atoms with Crippen LogP contribution in [0.2, 0.25) is 0 Å². The van der Waals surface area contributed by atoms with Crippen molar-refractivity contribution in [3.63, 3.8) is 0 Å². The second-order valence-corrected chi connectivity index (χ2v) is 4.18. The van der Waals surface area contributed by atoms with Gasteiger partial charge in [0.15, 0.2) is 6.29 Å². The number of fused-ring (bicyclic) bond motifs is 1. The Hall–Kier alpha value is -2.68. The largest absolute Gasteiger partial charge is 0.463 e. The second kappa shape index (κ2) is 4.53. The maximum Gasteiger partial charge on any atom is 0.200 e. The predicted octanol–water partition coefficient (Wildman–Crippen LogP) is 3.27. The van der Waals surface area contributed by atoms with Gasteiger partial charge < -0.3 is 4.42 Å². The van der Waals surface area contributed by atoms with Gasteiger partial charge in [0.25, 0.3) is 0 Å². The minimum absolute atomic E-state index is 0.129. The average molecular weight is 250 g/mol. The van der Waals surface area contributed by atoms with Crippen molar-refractivity contribution in [2.75, 3.05) is 0 Å². The normalized spacial score (nSPS) is 10.5. The number of hydrogen-bond acceptors (Lipinski definition) is 3. The Morgan fingerprint density at radius 3 is 2.47 bits per heavy atom. The standard InChI is InChI=1S/C16H10O3/c17-9-11-5-1-2-6-12(11)14-10-19-15-8-4-3-7-13(15)16(14)18/h1-10H. The van der Waals surface area contributed by atoms with E-state index >= 15 is 0 Å². The highest BCUT2D eigenvalue weighted by molar-refractivity contribution is 5.89. The summed E-state index contributed by atoms with van der Waals surface area (Å²) < 4.78 is 5.46. The van der Waals surface area contributed by atoms with Gasteiger partial charge in [-0.3, -0.25) is 9.59 Å². The topological polar surface area (TPSA) is 47.3 Å². The molecule has 0 aliphatic carbocycles. The maximum absolute atomic E-state index is 12.4. The van der Waals surface area contributed by atoms with Gasteiger partial charge in [-0.2, -0.15) is 0 Å². The van der Waals surface area contributed by atoms with Gasteiger partial charge in [0.05, 0.1) is 10.9 Å². The monoisotopic (exact) mass is 250 g/mol. The number of benzene rings is 2. The molecule has 0 atom stereocenters. The van der Waals surface area contributed by atoms with Gasteiger partial charge in [0.2, 0.25) is 5.43 Å². The summed E-state index contributed by atoms with van der Waals surface area (Å²) in [6.07, 6.45) is 2.15. The van der Waals surface area contributed by atoms with E-state index in [1.165, 1.54) is 6.26 Å². The van der Waals surface area contributed by atoms with E-state index in [1.54, 1.807) is 42.5 Å². The Kier molecular flexibility index (Phi) is 2.72. The van der Waals surface area contributed by atoms with Crippen LogP contribution in [0.1, 0.15) is 10.4 Å².